The number of anilines is 1. The monoisotopic (exact) mass is 474 g/mol. The fourth-order valence-electron chi connectivity index (χ4n) is 3.39. The van der Waals surface area contributed by atoms with E-state index in [2.05, 4.69) is 20.8 Å². The Labute approximate surface area is 182 Å². The van der Waals surface area contributed by atoms with E-state index in [0.29, 0.717) is 43.8 Å². The van der Waals surface area contributed by atoms with Crippen LogP contribution in [-0.2, 0) is 4.74 Å². The first-order chi connectivity index (χ1) is 14.1. The predicted octanol–water partition coefficient (Wildman–Crippen LogP) is 4.99. The maximum atomic E-state index is 12.0. The van der Waals surface area contributed by atoms with Crippen molar-refractivity contribution >= 4 is 50.5 Å². The van der Waals surface area contributed by atoms with Gasteiger partial charge in [0, 0.05) is 46.6 Å². The zero-order valence-electron chi connectivity index (χ0n) is 15.9. The second-order valence-corrected chi connectivity index (χ2v) is 8.01. The van der Waals surface area contributed by atoms with Crippen LogP contribution in [0, 0.1) is 0 Å². The van der Waals surface area contributed by atoms with Crippen molar-refractivity contribution in [2.45, 2.75) is 6.92 Å². The SMILES string of the molecule is CCOC(=O)N1CCN(c2nc(-c3ccccc3Cl)c3cc(Br)ccc3n2)CC1. The van der Waals surface area contributed by atoms with Crippen LogP contribution in [-0.4, -0.2) is 53.7 Å². The number of amides is 1. The van der Waals surface area contributed by atoms with Crippen molar-refractivity contribution < 1.29 is 9.53 Å². The molecule has 2 heterocycles. The number of carbonyl (C=O) groups is 1. The van der Waals surface area contributed by atoms with Crippen LogP contribution in [0.5, 0.6) is 0 Å². The third kappa shape index (κ3) is 4.16. The Morgan fingerprint density at radius 3 is 2.62 bits per heavy atom. The second kappa shape index (κ2) is 8.55. The predicted molar refractivity (Wildman–Crippen MR) is 118 cm³/mol. The number of aromatic nitrogens is 2. The molecule has 0 unspecified atom stereocenters. The molecule has 0 aliphatic carbocycles. The molecule has 29 heavy (non-hydrogen) atoms. The van der Waals surface area contributed by atoms with E-state index in [1.165, 1.54) is 0 Å². The lowest BCUT2D eigenvalue weighted by Gasteiger charge is -2.34. The van der Waals surface area contributed by atoms with E-state index in [0.717, 1.165) is 26.6 Å². The summed E-state index contributed by atoms with van der Waals surface area (Å²) in [6, 6.07) is 13.6. The van der Waals surface area contributed by atoms with Crippen LogP contribution in [0.1, 0.15) is 6.92 Å². The van der Waals surface area contributed by atoms with Crippen LogP contribution in [0.25, 0.3) is 22.2 Å². The lowest BCUT2D eigenvalue weighted by atomic mass is 10.1. The minimum atomic E-state index is -0.270. The first-order valence-electron chi connectivity index (χ1n) is 9.45. The van der Waals surface area contributed by atoms with Crippen LogP contribution in [0.4, 0.5) is 10.7 Å². The number of piperazine rings is 1. The third-order valence-corrected chi connectivity index (χ3v) is 5.69. The number of carbonyl (C=O) groups excluding carboxylic acids is 1. The van der Waals surface area contributed by atoms with Gasteiger partial charge in [0.15, 0.2) is 0 Å². The normalized spacial score (nSPS) is 14.3. The van der Waals surface area contributed by atoms with Crippen LogP contribution in [0.2, 0.25) is 5.02 Å². The zero-order valence-corrected chi connectivity index (χ0v) is 18.3. The standard InChI is InChI=1S/C21H20BrClN4O2/c1-2-29-21(28)27-11-9-26(10-12-27)20-24-18-8-7-14(22)13-16(18)19(25-20)15-5-3-4-6-17(15)23/h3-8,13H,2,9-12H2,1H3. The minimum absolute atomic E-state index is 0.270. The summed E-state index contributed by atoms with van der Waals surface area (Å²) in [6.45, 7) is 4.62. The first kappa shape index (κ1) is 19.9. The van der Waals surface area contributed by atoms with Gasteiger partial charge in [-0.05, 0) is 31.2 Å². The number of ether oxygens (including phenoxy) is 1. The molecule has 0 radical (unpaired) electrons. The molecule has 0 atom stereocenters. The van der Waals surface area contributed by atoms with E-state index in [-0.39, 0.29) is 6.09 Å². The summed E-state index contributed by atoms with van der Waals surface area (Å²) in [5.74, 6) is 0.637. The summed E-state index contributed by atoms with van der Waals surface area (Å²) in [7, 11) is 0. The Balaban J connectivity index is 1.71. The molecule has 8 heteroatoms. The summed E-state index contributed by atoms with van der Waals surface area (Å²) in [5.41, 5.74) is 2.51. The van der Waals surface area contributed by atoms with Gasteiger partial charge in [-0.15, -0.1) is 0 Å². The Morgan fingerprint density at radius 2 is 1.90 bits per heavy atom. The van der Waals surface area contributed by atoms with E-state index >= 15 is 0 Å². The van der Waals surface area contributed by atoms with Crippen LogP contribution >= 0.6 is 27.5 Å². The molecule has 0 bridgehead atoms. The van der Waals surface area contributed by atoms with Crippen LogP contribution in [0.15, 0.2) is 46.9 Å². The highest BCUT2D eigenvalue weighted by molar-refractivity contribution is 9.10. The first-order valence-corrected chi connectivity index (χ1v) is 10.6. The maximum Gasteiger partial charge on any atom is 0.409 e. The minimum Gasteiger partial charge on any atom is -0.450 e. The topological polar surface area (TPSA) is 58.6 Å². The van der Waals surface area contributed by atoms with Crippen LogP contribution in [0.3, 0.4) is 0 Å². The average Bonchev–Trinajstić information content (AvgIpc) is 2.74. The molecule has 0 spiro atoms. The highest BCUT2D eigenvalue weighted by atomic mass is 79.9. The van der Waals surface area contributed by atoms with Gasteiger partial charge in [0.25, 0.3) is 0 Å². The Hall–Kier alpha value is -2.38. The van der Waals surface area contributed by atoms with E-state index in [1.807, 2.05) is 49.4 Å². The summed E-state index contributed by atoms with van der Waals surface area (Å²) in [4.78, 5) is 25.4. The van der Waals surface area contributed by atoms with Gasteiger partial charge in [-0.25, -0.2) is 14.8 Å². The summed E-state index contributed by atoms with van der Waals surface area (Å²) < 4.78 is 6.06. The molecule has 1 fully saturated rings. The summed E-state index contributed by atoms with van der Waals surface area (Å²) in [5, 5.41) is 1.58. The van der Waals surface area contributed by atoms with Crippen molar-refractivity contribution in [3.8, 4) is 11.3 Å². The molecule has 0 saturated carbocycles. The van der Waals surface area contributed by atoms with Gasteiger partial charge in [0.2, 0.25) is 5.95 Å². The highest BCUT2D eigenvalue weighted by Crippen LogP contribution is 2.34. The van der Waals surface area contributed by atoms with E-state index in [1.54, 1.807) is 4.90 Å². The number of nitrogens with zero attached hydrogens (tertiary/aromatic N) is 4. The molecule has 1 aliphatic heterocycles. The van der Waals surface area contributed by atoms with Gasteiger partial charge in [-0.1, -0.05) is 45.7 Å². The molecule has 1 aromatic heterocycles. The molecule has 1 aliphatic rings. The lowest BCUT2D eigenvalue weighted by molar-refractivity contribution is 0.105. The van der Waals surface area contributed by atoms with E-state index in [4.69, 9.17) is 26.3 Å². The summed E-state index contributed by atoms with van der Waals surface area (Å²) in [6.07, 6.45) is -0.270. The van der Waals surface area contributed by atoms with Gasteiger partial charge >= 0.3 is 6.09 Å². The fourth-order valence-corrected chi connectivity index (χ4v) is 3.98. The van der Waals surface area contributed by atoms with Crippen LogP contribution < -0.4 is 4.90 Å². The number of hydrogen-bond donors (Lipinski definition) is 0. The Bertz CT molecular complexity index is 1050. The molecule has 4 rings (SSSR count). The van der Waals surface area contributed by atoms with Crippen molar-refractivity contribution in [1.29, 1.82) is 0 Å². The zero-order chi connectivity index (χ0) is 20.4. The number of fused-ring (bicyclic) bond motifs is 1. The number of hydrogen-bond acceptors (Lipinski definition) is 5. The smallest absolute Gasteiger partial charge is 0.409 e. The number of rotatable bonds is 3. The van der Waals surface area contributed by atoms with Crippen molar-refractivity contribution in [3.05, 3.63) is 52.0 Å². The van der Waals surface area contributed by atoms with Crippen molar-refractivity contribution in [2.75, 3.05) is 37.7 Å². The highest BCUT2D eigenvalue weighted by Gasteiger charge is 2.24. The Morgan fingerprint density at radius 1 is 1.14 bits per heavy atom. The molecular weight excluding hydrogens is 456 g/mol. The Kier molecular flexibility index (Phi) is 5.87. The van der Waals surface area contributed by atoms with E-state index in [9.17, 15) is 4.79 Å². The molecule has 1 amide bonds. The lowest BCUT2D eigenvalue weighted by Crippen LogP contribution is -2.49. The van der Waals surface area contributed by atoms with Gasteiger partial charge in [-0.2, -0.15) is 0 Å². The van der Waals surface area contributed by atoms with Gasteiger partial charge in [0.1, 0.15) is 0 Å². The molecule has 150 valence electrons. The quantitative estimate of drug-likeness (QED) is 0.534. The van der Waals surface area contributed by atoms with Gasteiger partial charge in [0.05, 0.1) is 17.8 Å². The maximum absolute atomic E-state index is 12.0. The van der Waals surface area contributed by atoms with Crippen molar-refractivity contribution in [2.24, 2.45) is 0 Å². The molecule has 2 aromatic carbocycles. The van der Waals surface area contributed by atoms with Gasteiger partial charge < -0.3 is 14.5 Å². The molecular formula is C21H20BrClN4O2. The largest absolute Gasteiger partial charge is 0.450 e. The average molecular weight is 476 g/mol. The van der Waals surface area contributed by atoms with E-state index < -0.39 is 0 Å². The molecule has 3 aromatic rings. The van der Waals surface area contributed by atoms with Crippen molar-refractivity contribution in [3.63, 3.8) is 0 Å². The van der Waals surface area contributed by atoms with Gasteiger partial charge in [-0.3, -0.25) is 0 Å². The molecule has 0 N–H and O–H groups in total. The summed E-state index contributed by atoms with van der Waals surface area (Å²) >= 11 is 10.0. The second-order valence-electron chi connectivity index (χ2n) is 6.69. The fraction of sp³-hybridized carbons (Fsp3) is 0.286. The number of benzene rings is 2. The number of halogens is 2. The van der Waals surface area contributed by atoms with Crippen molar-refractivity contribution in [1.82, 2.24) is 14.9 Å². The third-order valence-electron chi connectivity index (χ3n) is 4.86. The molecule has 6 nitrogen and oxygen atoms in total. The molecule has 1 saturated heterocycles.